The smallest absolute Gasteiger partial charge is 0.223 e. The maximum absolute atomic E-state index is 13.1. The van der Waals surface area contributed by atoms with Crippen molar-refractivity contribution in [3.8, 4) is 5.75 Å². The fourth-order valence-electron chi connectivity index (χ4n) is 3.09. The molecule has 0 spiro atoms. The first kappa shape index (κ1) is 17.4. The predicted molar refractivity (Wildman–Crippen MR) is 94.3 cm³/mol. The number of rotatable bonds is 6. The van der Waals surface area contributed by atoms with Gasteiger partial charge in [-0.05, 0) is 54.7 Å². The molecule has 132 valence electrons. The molecule has 4 nitrogen and oxygen atoms in total. The van der Waals surface area contributed by atoms with Crippen LogP contribution in [0.1, 0.15) is 30.4 Å². The van der Waals surface area contributed by atoms with E-state index in [0.29, 0.717) is 18.9 Å². The van der Waals surface area contributed by atoms with Crippen LogP contribution in [0.15, 0.2) is 48.5 Å². The van der Waals surface area contributed by atoms with E-state index < -0.39 is 0 Å². The highest BCUT2D eigenvalue weighted by atomic mass is 19.1. The molecule has 1 aliphatic rings. The number of nitrogens with two attached hydrogens (primary N) is 1. The second kappa shape index (κ2) is 8.12. The number of benzene rings is 2. The maximum atomic E-state index is 13.1. The van der Waals surface area contributed by atoms with Gasteiger partial charge < -0.3 is 15.8 Å². The molecule has 25 heavy (non-hydrogen) atoms. The Hall–Kier alpha value is -2.40. The third-order valence-electron chi connectivity index (χ3n) is 4.53. The lowest BCUT2D eigenvalue weighted by Crippen LogP contribution is -2.29. The van der Waals surface area contributed by atoms with Gasteiger partial charge in [0.15, 0.2) is 0 Å². The molecule has 2 atom stereocenters. The molecule has 2 aromatic rings. The summed E-state index contributed by atoms with van der Waals surface area (Å²) in [5.41, 5.74) is 7.64. The second-order valence-electron chi connectivity index (χ2n) is 6.55. The molecular formula is C20H23FN2O2. The molecule has 2 unspecified atom stereocenters. The van der Waals surface area contributed by atoms with E-state index in [2.05, 4.69) is 5.32 Å². The van der Waals surface area contributed by atoms with Gasteiger partial charge in [0, 0.05) is 18.5 Å². The van der Waals surface area contributed by atoms with Crippen molar-refractivity contribution >= 4 is 5.91 Å². The summed E-state index contributed by atoms with van der Waals surface area (Å²) in [6, 6.07) is 14.1. The number of carbonyl (C=O) groups is 1. The van der Waals surface area contributed by atoms with Crippen molar-refractivity contribution in [2.24, 2.45) is 11.7 Å². The fourth-order valence-corrected chi connectivity index (χ4v) is 3.09. The van der Waals surface area contributed by atoms with Crippen LogP contribution in [-0.2, 0) is 17.9 Å². The van der Waals surface area contributed by atoms with Crippen molar-refractivity contribution in [2.45, 2.75) is 38.5 Å². The van der Waals surface area contributed by atoms with E-state index in [1.54, 1.807) is 6.07 Å². The highest BCUT2D eigenvalue weighted by Gasteiger charge is 2.27. The minimum Gasteiger partial charge on any atom is -0.489 e. The van der Waals surface area contributed by atoms with E-state index in [1.165, 1.54) is 12.1 Å². The third-order valence-corrected chi connectivity index (χ3v) is 4.53. The van der Waals surface area contributed by atoms with Gasteiger partial charge in [0.25, 0.3) is 0 Å². The molecule has 3 N–H and O–H groups in total. The molecule has 0 aromatic heterocycles. The Kier molecular flexibility index (Phi) is 5.66. The third kappa shape index (κ3) is 5.03. The molecular weight excluding hydrogens is 319 g/mol. The van der Waals surface area contributed by atoms with Gasteiger partial charge in [-0.25, -0.2) is 4.39 Å². The van der Waals surface area contributed by atoms with Crippen molar-refractivity contribution in [1.82, 2.24) is 5.32 Å². The Labute approximate surface area is 147 Å². The van der Waals surface area contributed by atoms with Crippen LogP contribution >= 0.6 is 0 Å². The Balaban J connectivity index is 1.46. The Morgan fingerprint density at radius 2 is 1.96 bits per heavy atom. The predicted octanol–water partition coefficient (Wildman–Crippen LogP) is 3.15. The van der Waals surface area contributed by atoms with Gasteiger partial charge in [-0.1, -0.05) is 24.3 Å². The second-order valence-corrected chi connectivity index (χ2v) is 6.55. The summed E-state index contributed by atoms with van der Waals surface area (Å²) in [6.07, 6.45) is 2.58. The zero-order chi connectivity index (χ0) is 17.6. The molecule has 1 aliphatic carbocycles. The minimum atomic E-state index is -0.268. The van der Waals surface area contributed by atoms with Crippen LogP contribution in [0.25, 0.3) is 0 Å². The SMILES string of the molecule is NC1CCC(C(=O)NCc2ccc(OCc3cccc(F)c3)cc2)C1. The normalized spacial score (nSPS) is 19.6. The summed E-state index contributed by atoms with van der Waals surface area (Å²) in [4.78, 5) is 12.1. The highest BCUT2D eigenvalue weighted by Crippen LogP contribution is 2.24. The lowest BCUT2D eigenvalue weighted by molar-refractivity contribution is -0.125. The van der Waals surface area contributed by atoms with Crippen LogP contribution in [0.2, 0.25) is 0 Å². The van der Waals surface area contributed by atoms with Gasteiger partial charge >= 0.3 is 0 Å². The van der Waals surface area contributed by atoms with Crippen molar-refractivity contribution in [1.29, 1.82) is 0 Å². The molecule has 1 saturated carbocycles. The fraction of sp³-hybridized carbons (Fsp3) is 0.350. The molecule has 0 bridgehead atoms. The quantitative estimate of drug-likeness (QED) is 0.848. The highest BCUT2D eigenvalue weighted by molar-refractivity contribution is 5.79. The largest absolute Gasteiger partial charge is 0.489 e. The lowest BCUT2D eigenvalue weighted by Gasteiger charge is -2.11. The minimum absolute atomic E-state index is 0.0453. The summed E-state index contributed by atoms with van der Waals surface area (Å²) < 4.78 is 18.8. The molecule has 1 fully saturated rings. The number of halogens is 1. The monoisotopic (exact) mass is 342 g/mol. The first-order valence-electron chi connectivity index (χ1n) is 8.59. The first-order valence-corrected chi connectivity index (χ1v) is 8.59. The van der Waals surface area contributed by atoms with E-state index in [1.807, 2.05) is 30.3 Å². The van der Waals surface area contributed by atoms with Gasteiger partial charge in [0.1, 0.15) is 18.2 Å². The first-order chi connectivity index (χ1) is 12.1. The summed E-state index contributed by atoms with van der Waals surface area (Å²) in [6.45, 7) is 0.810. The van der Waals surface area contributed by atoms with Crippen LogP contribution in [0, 0.1) is 11.7 Å². The summed E-state index contributed by atoms with van der Waals surface area (Å²) in [7, 11) is 0. The zero-order valence-electron chi connectivity index (χ0n) is 14.1. The lowest BCUT2D eigenvalue weighted by atomic mass is 10.1. The molecule has 1 amide bonds. The van der Waals surface area contributed by atoms with Crippen LogP contribution in [0.5, 0.6) is 5.75 Å². The number of hydrogen-bond donors (Lipinski definition) is 2. The van der Waals surface area contributed by atoms with Crippen LogP contribution < -0.4 is 15.8 Å². The number of carbonyl (C=O) groups excluding carboxylic acids is 1. The number of ether oxygens (including phenoxy) is 1. The zero-order valence-corrected chi connectivity index (χ0v) is 14.1. The molecule has 2 aromatic carbocycles. The molecule has 0 heterocycles. The molecule has 3 rings (SSSR count). The number of hydrogen-bond acceptors (Lipinski definition) is 3. The Morgan fingerprint density at radius 1 is 1.16 bits per heavy atom. The van der Waals surface area contributed by atoms with Gasteiger partial charge in [-0.15, -0.1) is 0 Å². The van der Waals surface area contributed by atoms with E-state index in [-0.39, 0.29) is 23.7 Å². The van der Waals surface area contributed by atoms with Crippen LogP contribution in [0.4, 0.5) is 4.39 Å². The van der Waals surface area contributed by atoms with E-state index >= 15 is 0 Å². The van der Waals surface area contributed by atoms with E-state index in [4.69, 9.17) is 10.5 Å². The van der Waals surface area contributed by atoms with Crippen molar-refractivity contribution in [3.63, 3.8) is 0 Å². The van der Waals surface area contributed by atoms with E-state index in [9.17, 15) is 9.18 Å². The topological polar surface area (TPSA) is 64.4 Å². The van der Waals surface area contributed by atoms with Crippen molar-refractivity contribution in [2.75, 3.05) is 0 Å². The van der Waals surface area contributed by atoms with E-state index in [0.717, 1.165) is 30.4 Å². The summed E-state index contributed by atoms with van der Waals surface area (Å²) in [5, 5.41) is 2.97. The molecule has 0 radical (unpaired) electrons. The standard InChI is InChI=1S/C20H23FN2O2/c21-17-3-1-2-15(10-17)13-25-19-8-4-14(5-9-19)12-23-20(24)16-6-7-18(22)11-16/h1-5,8-10,16,18H,6-7,11-13,22H2,(H,23,24). The average Bonchev–Trinajstić information content (AvgIpc) is 3.05. The van der Waals surface area contributed by atoms with Crippen molar-refractivity contribution in [3.05, 3.63) is 65.5 Å². The van der Waals surface area contributed by atoms with Gasteiger partial charge in [-0.3, -0.25) is 4.79 Å². The maximum Gasteiger partial charge on any atom is 0.223 e. The van der Waals surface area contributed by atoms with Crippen molar-refractivity contribution < 1.29 is 13.9 Å². The van der Waals surface area contributed by atoms with Crippen LogP contribution in [0.3, 0.4) is 0 Å². The average molecular weight is 342 g/mol. The number of nitrogens with one attached hydrogen (secondary N) is 1. The molecule has 0 saturated heterocycles. The summed E-state index contributed by atoms with van der Waals surface area (Å²) >= 11 is 0. The molecule has 0 aliphatic heterocycles. The number of amides is 1. The van der Waals surface area contributed by atoms with Gasteiger partial charge in [-0.2, -0.15) is 0 Å². The van der Waals surface area contributed by atoms with Gasteiger partial charge in [0.05, 0.1) is 0 Å². The van der Waals surface area contributed by atoms with Crippen LogP contribution in [-0.4, -0.2) is 11.9 Å². The Bertz CT molecular complexity index is 718. The Morgan fingerprint density at radius 3 is 2.64 bits per heavy atom. The summed E-state index contributed by atoms with van der Waals surface area (Å²) in [5.74, 6) is 0.569. The molecule has 5 heteroatoms. The van der Waals surface area contributed by atoms with Gasteiger partial charge in [0.2, 0.25) is 5.91 Å².